The minimum Gasteiger partial charge on any atom is -0.457 e. The van der Waals surface area contributed by atoms with E-state index in [0.717, 1.165) is 24.8 Å². The van der Waals surface area contributed by atoms with Crippen molar-refractivity contribution >= 4 is 17.4 Å². The summed E-state index contributed by atoms with van der Waals surface area (Å²) >= 11 is 0. The fourth-order valence-electron chi connectivity index (χ4n) is 3.16. The number of benzene rings is 2. The van der Waals surface area contributed by atoms with Crippen LogP contribution < -0.4 is 0 Å². The van der Waals surface area contributed by atoms with Crippen LogP contribution in [0.2, 0.25) is 0 Å². The second kappa shape index (κ2) is 7.47. The summed E-state index contributed by atoms with van der Waals surface area (Å²) in [5, 5.41) is 11.0. The maximum absolute atomic E-state index is 12.1. The van der Waals surface area contributed by atoms with Crippen LogP contribution in [0.1, 0.15) is 39.0 Å². The molecule has 0 aliphatic heterocycles. The molecule has 0 radical (unpaired) electrons. The summed E-state index contributed by atoms with van der Waals surface area (Å²) in [5.41, 5.74) is 3.98. The summed E-state index contributed by atoms with van der Waals surface area (Å²) in [5.74, 6) is -0.951. The van der Waals surface area contributed by atoms with E-state index in [9.17, 15) is 19.7 Å². The molecule has 0 N–H and O–H groups in total. The van der Waals surface area contributed by atoms with E-state index >= 15 is 0 Å². The van der Waals surface area contributed by atoms with Gasteiger partial charge in [0, 0.05) is 17.2 Å². The Kier molecular flexibility index (Phi) is 5.11. The summed E-state index contributed by atoms with van der Waals surface area (Å²) < 4.78 is 5.05. The molecule has 0 amide bonds. The number of hydrogen-bond acceptors (Lipinski definition) is 5. The topological polar surface area (TPSA) is 86.5 Å². The zero-order valence-electron chi connectivity index (χ0n) is 14.5. The van der Waals surface area contributed by atoms with Crippen LogP contribution in [0, 0.1) is 17.0 Å². The van der Waals surface area contributed by atoms with Gasteiger partial charge in [-0.3, -0.25) is 19.7 Å². The van der Waals surface area contributed by atoms with Gasteiger partial charge >= 0.3 is 5.97 Å². The number of carbonyl (C=O) groups excluding carboxylic acids is 2. The third kappa shape index (κ3) is 3.96. The molecule has 0 spiro atoms. The Morgan fingerprint density at radius 2 is 1.88 bits per heavy atom. The van der Waals surface area contributed by atoms with Crippen molar-refractivity contribution in [2.24, 2.45) is 0 Å². The van der Waals surface area contributed by atoms with Crippen LogP contribution >= 0.6 is 0 Å². The molecule has 6 nitrogen and oxygen atoms in total. The minimum atomic E-state index is -0.536. The number of hydrogen-bond donors (Lipinski definition) is 0. The van der Waals surface area contributed by atoms with Gasteiger partial charge in [0.05, 0.1) is 11.3 Å². The lowest BCUT2D eigenvalue weighted by molar-refractivity contribution is -0.385. The maximum atomic E-state index is 12.1. The lowest BCUT2D eigenvalue weighted by Crippen LogP contribution is -2.16. The lowest BCUT2D eigenvalue weighted by atomic mass is 10.0. The Morgan fingerprint density at radius 1 is 1.12 bits per heavy atom. The highest BCUT2D eigenvalue weighted by molar-refractivity contribution is 5.98. The quantitative estimate of drug-likeness (QED) is 0.344. The van der Waals surface area contributed by atoms with Gasteiger partial charge < -0.3 is 4.74 Å². The molecule has 1 aliphatic carbocycles. The molecule has 0 aromatic heterocycles. The fourth-order valence-corrected chi connectivity index (χ4v) is 3.16. The number of carbonyl (C=O) groups is 2. The van der Waals surface area contributed by atoms with Gasteiger partial charge in [-0.15, -0.1) is 0 Å². The molecular formula is C20H19NO5. The van der Waals surface area contributed by atoms with E-state index in [4.69, 9.17) is 4.74 Å². The Labute approximate surface area is 150 Å². The first-order valence-corrected chi connectivity index (χ1v) is 8.48. The summed E-state index contributed by atoms with van der Waals surface area (Å²) in [7, 11) is 0. The number of ether oxygens (including phenoxy) is 1. The zero-order chi connectivity index (χ0) is 18.7. The predicted octanol–water partition coefficient (Wildman–Crippen LogP) is 3.36. The minimum absolute atomic E-state index is 0.106. The fraction of sp³-hybridized carbons (Fsp3) is 0.300. The van der Waals surface area contributed by atoms with Gasteiger partial charge in [-0.05, 0) is 42.9 Å². The number of fused-ring (bicyclic) bond motifs is 1. The summed E-state index contributed by atoms with van der Waals surface area (Å²) in [6.45, 7) is 1.17. The average molecular weight is 353 g/mol. The molecule has 0 bridgehead atoms. The van der Waals surface area contributed by atoms with Crippen molar-refractivity contribution in [3.8, 4) is 0 Å². The van der Waals surface area contributed by atoms with E-state index in [0.29, 0.717) is 5.56 Å². The number of esters is 1. The van der Waals surface area contributed by atoms with Crippen LogP contribution in [0.15, 0.2) is 36.4 Å². The number of nitro groups is 1. The average Bonchev–Trinajstić information content (AvgIpc) is 3.07. The third-order valence-electron chi connectivity index (χ3n) is 4.60. The van der Waals surface area contributed by atoms with Crippen LogP contribution in [0.5, 0.6) is 0 Å². The second-order valence-corrected chi connectivity index (χ2v) is 6.48. The summed E-state index contributed by atoms with van der Waals surface area (Å²) in [6, 6.07) is 10.2. The highest BCUT2D eigenvalue weighted by Gasteiger charge is 2.17. The van der Waals surface area contributed by atoms with Crippen molar-refractivity contribution in [1.29, 1.82) is 0 Å². The van der Waals surface area contributed by atoms with Crippen LogP contribution in [0.25, 0.3) is 0 Å². The molecule has 3 rings (SSSR count). The molecule has 6 heteroatoms. The second-order valence-electron chi connectivity index (χ2n) is 6.48. The van der Waals surface area contributed by atoms with Gasteiger partial charge in [-0.2, -0.15) is 0 Å². The summed E-state index contributed by atoms with van der Waals surface area (Å²) in [4.78, 5) is 34.6. The normalized spacial score (nSPS) is 12.5. The highest BCUT2D eigenvalue weighted by Crippen LogP contribution is 2.23. The van der Waals surface area contributed by atoms with E-state index < -0.39 is 23.3 Å². The van der Waals surface area contributed by atoms with Gasteiger partial charge in [0.1, 0.15) is 0 Å². The van der Waals surface area contributed by atoms with Gasteiger partial charge in [0.15, 0.2) is 6.61 Å². The van der Waals surface area contributed by atoms with Crippen molar-refractivity contribution < 1.29 is 19.2 Å². The third-order valence-corrected chi connectivity index (χ3v) is 4.60. The number of Topliss-reactive ketones (excluding diaryl/α,β-unsaturated/α-hetero) is 1. The molecule has 0 saturated carbocycles. The van der Waals surface area contributed by atoms with E-state index in [-0.39, 0.29) is 17.7 Å². The molecule has 26 heavy (non-hydrogen) atoms. The van der Waals surface area contributed by atoms with Gasteiger partial charge in [-0.1, -0.05) is 30.3 Å². The number of nitro benzene ring substituents is 1. The Morgan fingerprint density at radius 3 is 2.65 bits per heavy atom. The van der Waals surface area contributed by atoms with Gasteiger partial charge in [-0.25, -0.2) is 0 Å². The lowest BCUT2D eigenvalue weighted by Gasteiger charge is -2.07. The van der Waals surface area contributed by atoms with E-state index in [1.54, 1.807) is 6.92 Å². The van der Waals surface area contributed by atoms with Crippen LogP contribution in [-0.4, -0.2) is 23.3 Å². The van der Waals surface area contributed by atoms with Crippen LogP contribution in [0.4, 0.5) is 5.69 Å². The van der Waals surface area contributed by atoms with Crippen molar-refractivity contribution in [1.82, 2.24) is 0 Å². The standard InChI is InChI=1S/C20H19NO5/c1-13-5-7-17(11-18(13)21(24)25)19(22)12-26-20(23)10-14-6-8-15-3-2-4-16(15)9-14/h5-9,11H,2-4,10,12H2,1H3. The Balaban J connectivity index is 1.58. The number of nitrogens with zero attached hydrogens (tertiary/aromatic N) is 1. The molecule has 0 fully saturated rings. The first-order chi connectivity index (χ1) is 12.4. The van der Waals surface area contributed by atoms with E-state index in [2.05, 4.69) is 0 Å². The molecular weight excluding hydrogens is 334 g/mol. The van der Waals surface area contributed by atoms with Crippen molar-refractivity contribution in [2.75, 3.05) is 6.61 Å². The van der Waals surface area contributed by atoms with Crippen molar-refractivity contribution in [3.05, 3.63) is 74.3 Å². The van der Waals surface area contributed by atoms with Crippen molar-refractivity contribution in [3.63, 3.8) is 0 Å². The number of aryl methyl sites for hydroxylation is 3. The smallest absolute Gasteiger partial charge is 0.310 e. The van der Waals surface area contributed by atoms with Crippen LogP contribution in [-0.2, 0) is 28.8 Å². The van der Waals surface area contributed by atoms with Gasteiger partial charge in [0.2, 0.25) is 5.78 Å². The molecule has 1 aliphatic rings. The Bertz CT molecular complexity index is 888. The Hall–Kier alpha value is -3.02. The van der Waals surface area contributed by atoms with Crippen LogP contribution in [0.3, 0.4) is 0 Å². The monoisotopic (exact) mass is 353 g/mol. The maximum Gasteiger partial charge on any atom is 0.310 e. The molecule has 0 heterocycles. The van der Waals surface area contributed by atoms with E-state index in [1.165, 1.54) is 29.3 Å². The zero-order valence-corrected chi connectivity index (χ0v) is 14.5. The van der Waals surface area contributed by atoms with E-state index in [1.807, 2.05) is 18.2 Å². The van der Waals surface area contributed by atoms with Crippen molar-refractivity contribution in [2.45, 2.75) is 32.6 Å². The SMILES string of the molecule is Cc1ccc(C(=O)COC(=O)Cc2ccc3c(c2)CCC3)cc1[N+](=O)[O-]. The largest absolute Gasteiger partial charge is 0.457 e. The summed E-state index contributed by atoms with van der Waals surface area (Å²) in [6.07, 6.45) is 3.36. The molecule has 0 atom stereocenters. The molecule has 134 valence electrons. The first-order valence-electron chi connectivity index (χ1n) is 8.48. The molecule has 0 saturated heterocycles. The molecule has 2 aromatic rings. The first kappa shape index (κ1) is 17.8. The molecule has 0 unspecified atom stereocenters. The highest BCUT2D eigenvalue weighted by atomic mass is 16.6. The number of rotatable bonds is 6. The molecule has 2 aromatic carbocycles. The number of ketones is 1. The predicted molar refractivity (Wildman–Crippen MR) is 95.3 cm³/mol. The van der Waals surface area contributed by atoms with Gasteiger partial charge in [0.25, 0.3) is 5.69 Å².